The minimum atomic E-state index is -4.25. The molecule has 1 nitrogen and oxygen atoms in total. The Morgan fingerprint density at radius 3 is 2.09 bits per heavy atom. The number of alkyl halides is 3. The van der Waals surface area contributed by atoms with Crippen LogP contribution >= 0.6 is 11.3 Å². The second kappa shape index (κ2) is 10.9. The van der Waals surface area contributed by atoms with E-state index in [0.29, 0.717) is 5.56 Å². The van der Waals surface area contributed by atoms with Crippen molar-refractivity contribution in [2.45, 2.75) is 85.2 Å². The minimum absolute atomic E-state index is 0.0363. The maximum atomic E-state index is 13.5. The molecule has 0 saturated heterocycles. The summed E-state index contributed by atoms with van der Waals surface area (Å²) < 4.78 is 41.8. The number of hydrogen-bond acceptors (Lipinski definition) is 2. The third kappa shape index (κ3) is 6.32. The zero-order chi connectivity index (χ0) is 31.5. The Hall–Kier alpha value is -2.96. The molecular formula is C37H42F3NSSi. The van der Waals surface area contributed by atoms with Crippen molar-refractivity contribution in [3.8, 4) is 21.7 Å². The van der Waals surface area contributed by atoms with Gasteiger partial charge in [-0.25, -0.2) is 0 Å². The molecule has 0 aliphatic rings. The minimum Gasteiger partial charge on any atom is -0.254 e. The van der Waals surface area contributed by atoms with E-state index in [1.54, 1.807) is 11.3 Å². The quantitative estimate of drug-likeness (QED) is 0.173. The van der Waals surface area contributed by atoms with Gasteiger partial charge in [-0.2, -0.15) is 13.2 Å². The zero-order valence-corrected chi connectivity index (χ0v) is 28.6. The van der Waals surface area contributed by atoms with Crippen molar-refractivity contribution in [2.24, 2.45) is 5.41 Å². The molecule has 0 N–H and O–H groups in total. The van der Waals surface area contributed by atoms with E-state index < -0.39 is 19.7 Å². The van der Waals surface area contributed by atoms with Gasteiger partial charge in [0.25, 0.3) is 0 Å². The molecule has 226 valence electrons. The average Bonchev–Trinajstić information content (AvgIpc) is 3.24. The number of pyridine rings is 1. The Labute approximate surface area is 259 Å². The van der Waals surface area contributed by atoms with Gasteiger partial charge in [0.05, 0.1) is 15.8 Å². The van der Waals surface area contributed by atoms with Gasteiger partial charge in [-0.15, -0.1) is 11.3 Å². The van der Waals surface area contributed by atoms with Crippen molar-refractivity contribution in [3.05, 3.63) is 89.1 Å². The normalized spacial score (nSPS) is 13.3. The molecule has 6 heteroatoms. The second-order valence-corrected chi connectivity index (χ2v) is 21.4. The maximum Gasteiger partial charge on any atom is 0.394 e. The van der Waals surface area contributed by atoms with Crippen molar-refractivity contribution in [3.63, 3.8) is 0 Å². The van der Waals surface area contributed by atoms with Crippen LogP contribution in [0.25, 0.3) is 42.6 Å². The molecule has 0 fully saturated rings. The van der Waals surface area contributed by atoms with Crippen LogP contribution in [0.3, 0.4) is 0 Å². The summed E-state index contributed by atoms with van der Waals surface area (Å²) in [7, 11) is -1.45. The number of hydrogen-bond donors (Lipinski definition) is 0. The van der Waals surface area contributed by atoms with Gasteiger partial charge in [0.1, 0.15) is 0 Å². The highest BCUT2D eigenvalue weighted by atomic mass is 32.1. The molecule has 0 spiro atoms. The molecule has 0 radical (unpaired) electrons. The van der Waals surface area contributed by atoms with E-state index in [4.69, 9.17) is 4.98 Å². The lowest BCUT2D eigenvalue weighted by Crippen LogP contribution is -2.34. The largest absolute Gasteiger partial charge is 0.394 e. The lowest BCUT2D eigenvalue weighted by atomic mass is 9.82. The van der Waals surface area contributed by atoms with E-state index >= 15 is 0 Å². The number of rotatable bonds is 6. The summed E-state index contributed by atoms with van der Waals surface area (Å²) in [6.45, 7) is 18.6. The highest BCUT2D eigenvalue weighted by molar-refractivity contribution is 7.23. The third-order valence-electron chi connectivity index (χ3n) is 8.33. The van der Waals surface area contributed by atoms with E-state index in [1.165, 1.54) is 51.4 Å². The third-order valence-corrected chi connectivity index (χ3v) is 11.1. The summed E-state index contributed by atoms with van der Waals surface area (Å²) in [5.74, 6) is 0. The number of aryl methyl sites for hydroxylation is 1. The molecule has 0 unspecified atom stereocenters. The summed E-state index contributed by atoms with van der Waals surface area (Å²) >= 11 is 1.75. The van der Waals surface area contributed by atoms with Gasteiger partial charge in [0.2, 0.25) is 0 Å². The molecule has 3 aromatic carbocycles. The van der Waals surface area contributed by atoms with Crippen LogP contribution in [0.4, 0.5) is 13.2 Å². The summed E-state index contributed by atoms with van der Waals surface area (Å²) in [6, 6.07) is 21.9. The van der Waals surface area contributed by atoms with Crippen LogP contribution in [-0.4, -0.2) is 19.2 Å². The first-order valence-corrected chi connectivity index (χ1v) is 19.5. The van der Waals surface area contributed by atoms with Crippen LogP contribution in [-0.2, 0) is 17.9 Å². The molecule has 2 heterocycles. The Balaban J connectivity index is 1.69. The first kappa shape index (κ1) is 31.5. The fraction of sp³-hybridized carbons (Fsp3) is 0.378. The highest BCUT2D eigenvalue weighted by Crippen LogP contribution is 2.46. The van der Waals surface area contributed by atoms with Crippen LogP contribution in [0.1, 0.15) is 56.9 Å². The monoisotopic (exact) mass is 617 g/mol. The molecule has 0 aliphatic carbocycles. The zero-order valence-electron chi connectivity index (χ0n) is 26.8. The summed E-state index contributed by atoms with van der Waals surface area (Å²) in [5.41, 5.74) is 5.83. The Morgan fingerprint density at radius 2 is 1.49 bits per heavy atom. The Kier molecular flexibility index (Phi) is 7.96. The van der Waals surface area contributed by atoms with Crippen molar-refractivity contribution in [1.29, 1.82) is 0 Å². The molecular weight excluding hydrogens is 576 g/mol. The van der Waals surface area contributed by atoms with Crippen LogP contribution in [0.5, 0.6) is 0 Å². The molecule has 5 aromatic rings. The van der Waals surface area contributed by atoms with Gasteiger partial charge in [0.15, 0.2) is 0 Å². The molecule has 0 saturated carbocycles. The van der Waals surface area contributed by atoms with Gasteiger partial charge in [0, 0.05) is 30.1 Å². The van der Waals surface area contributed by atoms with E-state index in [-0.39, 0.29) is 11.8 Å². The van der Waals surface area contributed by atoms with Crippen LogP contribution in [0.15, 0.2) is 66.9 Å². The number of aromatic nitrogens is 1. The lowest BCUT2D eigenvalue weighted by molar-refractivity contribution is -0.211. The van der Waals surface area contributed by atoms with Crippen LogP contribution in [0, 0.1) is 12.3 Å². The van der Waals surface area contributed by atoms with Crippen molar-refractivity contribution in [2.75, 3.05) is 0 Å². The second-order valence-electron chi connectivity index (χ2n) is 14.9. The predicted octanol–water partition coefficient (Wildman–Crippen LogP) is 11.9. The fourth-order valence-electron chi connectivity index (χ4n) is 5.97. The molecule has 2 aromatic heterocycles. The standard InChI is InChI=1S/C37H42F3NSSi/c1-23-31-28(22-43(7,8)9)21-41-32(27-18-26-12-10-11-13-29(26)30(19-27)35(2,3)4)34(31)42-33(23)25-16-14-24(15-17-25)20-36(5,6)37(38,39)40/h10-19,21H,20,22H2,1-9H3. The first-order chi connectivity index (χ1) is 19.9. The Morgan fingerprint density at radius 1 is 0.837 bits per heavy atom. The van der Waals surface area contributed by atoms with Crippen LogP contribution in [0.2, 0.25) is 19.6 Å². The number of thiophene rings is 1. The summed E-state index contributed by atoms with van der Waals surface area (Å²) in [5, 5.41) is 3.75. The average molecular weight is 618 g/mol. The Bertz CT molecular complexity index is 1800. The smallest absolute Gasteiger partial charge is 0.254 e. The summed E-state index contributed by atoms with van der Waals surface area (Å²) in [4.78, 5) is 6.30. The van der Waals surface area contributed by atoms with Gasteiger partial charge in [-0.3, -0.25) is 4.98 Å². The van der Waals surface area contributed by atoms with Crippen molar-refractivity contribution in [1.82, 2.24) is 4.98 Å². The number of fused-ring (bicyclic) bond motifs is 2. The van der Waals surface area contributed by atoms with Crippen molar-refractivity contribution >= 4 is 40.3 Å². The molecule has 43 heavy (non-hydrogen) atoms. The molecule has 0 amide bonds. The van der Waals surface area contributed by atoms with Gasteiger partial charge < -0.3 is 0 Å². The topological polar surface area (TPSA) is 12.9 Å². The predicted molar refractivity (Wildman–Crippen MR) is 182 cm³/mol. The van der Waals surface area contributed by atoms with Gasteiger partial charge >= 0.3 is 6.18 Å². The molecule has 5 rings (SSSR count). The maximum absolute atomic E-state index is 13.5. The molecule has 0 bridgehead atoms. The van der Waals surface area contributed by atoms with E-state index in [1.807, 2.05) is 24.3 Å². The van der Waals surface area contributed by atoms with Gasteiger partial charge in [-0.05, 0) is 75.5 Å². The van der Waals surface area contributed by atoms with E-state index in [0.717, 1.165) is 27.7 Å². The number of halogens is 3. The van der Waals surface area contributed by atoms with Crippen LogP contribution < -0.4 is 0 Å². The van der Waals surface area contributed by atoms with Gasteiger partial charge in [-0.1, -0.05) is 103 Å². The summed E-state index contributed by atoms with van der Waals surface area (Å²) in [6.07, 6.45) is -2.21. The lowest BCUT2D eigenvalue weighted by Gasteiger charge is -2.27. The fourth-order valence-corrected chi connectivity index (χ4v) is 8.75. The highest BCUT2D eigenvalue weighted by Gasteiger charge is 2.46. The van der Waals surface area contributed by atoms with Crippen molar-refractivity contribution < 1.29 is 13.2 Å². The van der Waals surface area contributed by atoms with E-state index in [9.17, 15) is 13.2 Å². The first-order valence-electron chi connectivity index (χ1n) is 15.0. The molecule has 0 aliphatic heterocycles. The van der Waals surface area contributed by atoms with E-state index in [2.05, 4.69) is 89.9 Å². The number of nitrogens with zero attached hydrogens (tertiary/aromatic N) is 1. The SMILES string of the molecule is Cc1c(-c2ccc(CC(C)(C)C(F)(F)F)cc2)sc2c(-c3cc(C(C)(C)C)c4ccccc4c3)ncc(C[Si](C)(C)C)c12. The molecule has 0 atom stereocenters. The number of benzene rings is 3.